The number of carboxylic acid groups (broad SMARTS) is 1. The van der Waals surface area contributed by atoms with Crippen LogP contribution in [0.2, 0.25) is 0 Å². The van der Waals surface area contributed by atoms with Gasteiger partial charge in [0.05, 0.1) is 0 Å². The highest BCUT2D eigenvalue weighted by atomic mass is 16.4. The summed E-state index contributed by atoms with van der Waals surface area (Å²) in [6.45, 7) is 5.72. The van der Waals surface area contributed by atoms with Gasteiger partial charge < -0.3 is 5.11 Å². The molecule has 1 atom stereocenters. The van der Waals surface area contributed by atoms with E-state index in [9.17, 15) is 4.79 Å². The topological polar surface area (TPSA) is 75.3 Å². The minimum atomic E-state index is -1.24. The number of hydrogen-bond acceptors (Lipinski definition) is 3. The molecule has 0 aliphatic heterocycles. The van der Waals surface area contributed by atoms with Crippen LogP contribution in [0.5, 0.6) is 0 Å². The van der Waals surface area contributed by atoms with Gasteiger partial charge in [-0.15, -0.1) is 0 Å². The number of hydrogen-bond donors (Lipinski definition) is 3. The van der Waals surface area contributed by atoms with Crippen LogP contribution in [0.25, 0.3) is 0 Å². The summed E-state index contributed by atoms with van der Waals surface area (Å²) in [6, 6.07) is 7.45. The second-order valence-corrected chi connectivity index (χ2v) is 4.35. The molecule has 0 saturated heterocycles. The molecular weight excluding hydrogens is 204 g/mol. The SMILES string of the molecule is CC(C)c1ccc(C(C)(NN)C(=O)O)cc1. The van der Waals surface area contributed by atoms with Crippen molar-refractivity contribution in [1.29, 1.82) is 0 Å². The molecule has 1 unspecified atom stereocenters. The van der Waals surface area contributed by atoms with Crippen molar-refractivity contribution in [3.8, 4) is 0 Å². The number of rotatable bonds is 4. The molecule has 0 amide bonds. The van der Waals surface area contributed by atoms with E-state index >= 15 is 0 Å². The minimum absolute atomic E-state index is 0.427. The molecule has 0 aliphatic rings. The van der Waals surface area contributed by atoms with Crippen LogP contribution in [0.4, 0.5) is 0 Å². The summed E-state index contributed by atoms with van der Waals surface area (Å²) >= 11 is 0. The Balaban J connectivity index is 3.09. The van der Waals surface area contributed by atoms with E-state index in [4.69, 9.17) is 10.9 Å². The molecular formula is C12H18N2O2. The van der Waals surface area contributed by atoms with Gasteiger partial charge in [-0.2, -0.15) is 0 Å². The predicted octanol–water partition coefficient (Wildman–Crippen LogP) is 1.57. The number of carboxylic acids is 1. The van der Waals surface area contributed by atoms with Crippen molar-refractivity contribution in [1.82, 2.24) is 5.43 Å². The predicted molar refractivity (Wildman–Crippen MR) is 62.8 cm³/mol. The molecule has 0 aromatic heterocycles. The van der Waals surface area contributed by atoms with E-state index < -0.39 is 11.5 Å². The quantitative estimate of drug-likeness (QED) is 0.534. The second-order valence-electron chi connectivity index (χ2n) is 4.35. The van der Waals surface area contributed by atoms with Crippen LogP contribution < -0.4 is 11.3 Å². The number of hydrazine groups is 1. The lowest BCUT2D eigenvalue weighted by molar-refractivity contribution is -0.144. The van der Waals surface area contributed by atoms with Gasteiger partial charge in [-0.25, -0.2) is 10.2 Å². The first-order valence-electron chi connectivity index (χ1n) is 5.23. The van der Waals surface area contributed by atoms with Gasteiger partial charge in [0.25, 0.3) is 0 Å². The lowest BCUT2D eigenvalue weighted by atomic mass is 9.91. The Morgan fingerprint density at radius 2 is 1.88 bits per heavy atom. The molecule has 1 aromatic rings. The maximum Gasteiger partial charge on any atom is 0.329 e. The second kappa shape index (κ2) is 4.63. The van der Waals surface area contributed by atoms with Crippen molar-refractivity contribution < 1.29 is 9.90 Å². The lowest BCUT2D eigenvalue weighted by Crippen LogP contribution is -2.50. The Bertz CT molecular complexity index is 373. The van der Waals surface area contributed by atoms with Gasteiger partial charge in [0.1, 0.15) is 0 Å². The fourth-order valence-corrected chi connectivity index (χ4v) is 1.47. The van der Waals surface area contributed by atoms with E-state index in [0.29, 0.717) is 11.5 Å². The fraction of sp³-hybridized carbons (Fsp3) is 0.417. The zero-order valence-corrected chi connectivity index (χ0v) is 9.82. The molecule has 4 nitrogen and oxygen atoms in total. The lowest BCUT2D eigenvalue weighted by Gasteiger charge is -2.24. The fourth-order valence-electron chi connectivity index (χ4n) is 1.47. The third-order valence-electron chi connectivity index (χ3n) is 2.87. The molecule has 0 spiro atoms. The van der Waals surface area contributed by atoms with Gasteiger partial charge in [0, 0.05) is 0 Å². The molecule has 1 aromatic carbocycles. The zero-order chi connectivity index (χ0) is 12.3. The first-order valence-corrected chi connectivity index (χ1v) is 5.23. The van der Waals surface area contributed by atoms with Crippen molar-refractivity contribution in [3.63, 3.8) is 0 Å². The average Bonchev–Trinajstić information content (AvgIpc) is 2.27. The standard InChI is InChI=1S/C12H18N2O2/c1-8(2)9-4-6-10(7-5-9)12(3,14-13)11(15)16/h4-8,14H,13H2,1-3H3,(H,15,16). The monoisotopic (exact) mass is 222 g/mol. The van der Waals surface area contributed by atoms with Crippen LogP contribution in [0, 0.1) is 0 Å². The molecule has 0 heterocycles. The summed E-state index contributed by atoms with van der Waals surface area (Å²) in [7, 11) is 0. The number of carbonyl (C=O) groups is 1. The van der Waals surface area contributed by atoms with E-state index in [-0.39, 0.29) is 0 Å². The smallest absolute Gasteiger partial charge is 0.329 e. The summed E-state index contributed by atoms with van der Waals surface area (Å²) in [5.74, 6) is 4.74. The van der Waals surface area contributed by atoms with E-state index in [2.05, 4.69) is 19.3 Å². The molecule has 4 N–H and O–H groups in total. The van der Waals surface area contributed by atoms with Gasteiger partial charge in [-0.1, -0.05) is 38.1 Å². The number of nitrogens with one attached hydrogen (secondary N) is 1. The van der Waals surface area contributed by atoms with Gasteiger partial charge in [-0.3, -0.25) is 5.84 Å². The highest BCUT2D eigenvalue weighted by Crippen LogP contribution is 2.22. The first kappa shape index (κ1) is 12.7. The van der Waals surface area contributed by atoms with Gasteiger partial charge >= 0.3 is 5.97 Å². The third-order valence-corrected chi connectivity index (χ3v) is 2.87. The Hall–Kier alpha value is -1.39. The average molecular weight is 222 g/mol. The number of benzene rings is 1. The highest BCUT2D eigenvalue weighted by molar-refractivity contribution is 5.80. The molecule has 88 valence electrons. The van der Waals surface area contributed by atoms with Gasteiger partial charge in [0.2, 0.25) is 0 Å². The molecule has 1 rings (SSSR count). The molecule has 0 radical (unpaired) electrons. The van der Waals surface area contributed by atoms with Crippen molar-refractivity contribution >= 4 is 5.97 Å². The normalized spacial score (nSPS) is 14.8. The van der Waals surface area contributed by atoms with Crippen LogP contribution >= 0.6 is 0 Å². The van der Waals surface area contributed by atoms with Crippen LogP contribution in [-0.2, 0) is 10.3 Å². The summed E-state index contributed by atoms with van der Waals surface area (Å²) in [4.78, 5) is 11.1. The largest absolute Gasteiger partial charge is 0.480 e. The maximum absolute atomic E-state index is 11.1. The molecule has 0 saturated carbocycles. The maximum atomic E-state index is 11.1. The highest BCUT2D eigenvalue weighted by Gasteiger charge is 2.33. The van der Waals surface area contributed by atoms with E-state index in [0.717, 1.165) is 0 Å². The van der Waals surface area contributed by atoms with Gasteiger partial charge in [0.15, 0.2) is 5.54 Å². The van der Waals surface area contributed by atoms with E-state index in [1.54, 1.807) is 19.1 Å². The third kappa shape index (κ3) is 2.23. The summed E-state index contributed by atoms with van der Waals surface area (Å²) in [6.07, 6.45) is 0. The van der Waals surface area contributed by atoms with Crippen LogP contribution in [0.1, 0.15) is 37.8 Å². The van der Waals surface area contributed by atoms with Crippen molar-refractivity contribution in [2.45, 2.75) is 32.2 Å². The molecule has 0 fully saturated rings. The first-order chi connectivity index (χ1) is 7.41. The summed E-state index contributed by atoms with van der Waals surface area (Å²) < 4.78 is 0. The van der Waals surface area contributed by atoms with E-state index in [1.165, 1.54) is 5.56 Å². The molecule has 16 heavy (non-hydrogen) atoms. The Morgan fingerprint density at radius 3 is 2.19 bits per heavy atom. The van der Waals surface area contributed by atoms with Crippen molar-refractivity contribution in [3.05, 3.63) is 35.4 Å². The Labute approximate surface area is 95.4 Å². The number of aliphatic carboxylic acids is 1. The summed E-state index contributed by atoms with van der Waals surface area (Å²) in [5.41, 5.74) is 2.92. The van der Waals surface area contributed by atoms with Crippen LogP contribution in [0.15, 0.2) is 24.3 Å². The van der Waals surface area contributed by atoms with Crippen molar-refractivity contribution in [2.75, 3.05) is 0 Å². The van der Waals surface area contributed by atoms with Gasteiger partial charge in [-0.05, 0) is 24.0 Å². The van der Waals surface area contributed by atoms with Crippen molar-refractivity contribution in [2.24, 2.45) is 5.84 Å². The van der Waals surface area contributed by atoms with Crippen LogP contribution in [0.3, 0.4) is 0 Å². The van der Waals surface area contributed by atoms with Crippen LogP contribution in [-0.4, -0.2) is 11.1 Å². The Kier molecular flexibility index (Phi) is 3.67. The summed E-state index contributed by atoms with van der Waals surface area (Å²) in [5, 5.41) is 9.12. The Morgan fingerprint density at radius 1 is 1.38 bits per heavy atom. The molecule has 0 bridgehead atoms. The zero-order valence-electron chi connectivity index (χ0n) is 9.82. The number of nitrogens with two attached hydrogens (primary N) is 1. The molecule has 4 heteroatoms. The minimum Gasteiger partial charge on any atom is -0.480 e. The molecule has 0 aliphatic carbocycles. The van der Waals surface area contributed by atoms with E-state index in [1.807, 2.05) is 12.1 Å².